The van der Waals surface area contributed by atoms with Gasteiger partial charge >= 0.3 is 0 Å². The number of hydrogen-bond donors (Lipinski definition) is 3. The van der Waals surface area contributed by atoms with Crippen LogP contribution in [0.15, 0.2) is 48.6 Å². The van der Waals surface area contributed by atoms with Crippen LogP contribution in [-0.2, 0) is 0 Å². The van der Waals surface area contributed by atoms with Gasteiger partial charge in [0, 0.05) is 34.8 Å². The average molecular weight is 434 g/mol. The zero-order chi connectivity index (χ0) is 23.4. The minimum absolute atomic E-state index is 0.00255. The maximum Gasteiger partial charge on any atom is 0.138 e. The third kappa shape index (κ3) is 4.79. The predicted octanol–water partition coefficient (Wildman–Crippen LogP) is 6.14. The van der Waals surface area contributed by atoms with E-state index in [1.165, 1.54) is 5.57 Å². The van der Waals surface area contributed by atoms with Crippen LogP contribution in [0.4, 0.5) is 11.6 Å². The highest BCUT2D eigenvalue weighted by atomic mass is 16.3. The number of benzene rings is 1. The Morgan fingerprint density at radius 3 is 2.56 bits per heavy atom. The minimum atomic E-state index is 0.00255. The molecule has 1 aliphatic carbocycles. The highest BCUT2D eigenvalue weighted by Crippen LogP contribution is 2.45. The van der Waals surface area contributed by atoms with Crippen LogP contribution in [0.25, 0.3) is 11.8 Å². The molecule has 0 saturated heterocycles. The molecule has 4 rings (SSSR count). The Labute approximate surface area is 191 Å². The van der Waals surface area contributed by atoms with Crippen molar-refractivity contribution in [3.8, 4) is 5.75 Å². The molecule has 2 aromatic rings. The number of hydrogen-bond acceptors (Lipinski definition) is 6. The summed E-state index contributed by atoms with van der Waals surface area (Å²) < 4.78 is 0. The van der Waals surface area contributed by atoms with E-state index in [2.05, 4.69) is 45.1 Å². The third-order valence-electron chi connectivity index (χ3n) is 5.53. The Balaban J connectivity index is 0.00000141. The van der Waals surface area contributed by atoms with Gasteiger partial charge < -0.3 is 20.6 Å². The summed E-state index contributed by atoms with van der Waals surface area (Å²) in [6.45, 7) is 16.5. The first-order chi connectivity index (χ1) is 15.4. The second-order valence-electron chi connectivity index (χ2n) is 8.29. The number of nitrogens with one attached hydrogen (secondary N) is 2. The number of rotatable bonds is 6. The molecule has 1 aromatic heterocycles. The fourth-order valence-electron chi connectivity index (χ4n) is 3.83. The van der Waals surface area contributed by atoms with E-state index in [4.69, 9.17) is 0 Å². The average Bonchev–Trinajstić information content (AvgIpc) is 3.60. The monoisotopic (exact) mass is 433 g/mol. The summed E-state index contributed by atoms with van der Waals surface area (Å²) in [7, 11) is 0. The molecular weight excluding hydrogens is 398 g/mol. The zero-order valence-electron chi connectivity index (χ0n) is 20.0. The van der Waals surface area contributed by atoms with E-state index >= 15 is 0 Å². The Bertz CT molecular complexity index is 1050. The standard InChI is InChI=1S/C24H29N5O.C2H6/c1-14(2)12-25-23-15(3)24(27-13-26-23)28-16(4)20-11-18-7-6-8-21(30)22(18)17(5)29(20)19-9-10-19;1-2/h6-8,11-13,16,19,30H,5,9-10H2,1-4H3,(H2,25,26,27,28);1-2H3. The molecule has 1 aliphatic heterocycles. The molecule has 6 nitrogen and oxygen atoms in total. The van der Waals surface area contributed by atoms with Gasteiger partial charge in [-0.25, -0.2) is 9.97 Å². The molecule has 2 heterocycles. The van der Waals surface area contributed by atoms with Crippen molar-refractivity contribution >= 4 is 23.4 Å². The fourth-order valence-corrected chi connectivity index (χ4v) is 3.83. The third-order valence-corrected chi connectivity index (χ3v) is 5.53. The second-order valence-corrected chi connectivity index (χ2v) is 8.29. The molecule has 1 unspecified atom stereocenters. The summed E-state index contributed by atoms with van der Waals surface area (Å²) in [6.07, 6.45) is 7.93. The van der Waals surface area contributed by atoms with Crippen molar-refractivity contribution in [2.24, 2.45) is 0 Å². The van der Waals surface area contributed by atoms with Gasteiger partial charge in [0.2, 0.25) is 0 Å². The van der Waals surface area contributed by atoms with Gasteiger partial charge in [0.05, 0.1) is 6.04 Å². The van der Waals surface area contributed by atoms with Crippen molar-refractivity contribution in [1.82, 2.24) is 14.9 Å². The van der Waals surface area contributed by atoms with Gasteiger partial charge in [-0.15, -0.1) is 0 Å². The van der Waals surface area contributed by atoms with Crippen LogP contribution < -0.4 is 10.6 Å². The largest absolute Gasteiger partial charge is 0.507 e. The normalized spacial score (nSPS) is 15.6. The van der Waals surface area contributed by atoms with Crippen molar-refractivity contribution in [3.05, 3.63) is 65.3 Å². The molecule has 3 N–H and O–H groups in total. The summed E-state index contributed by atoms with van der Waals surface area (Å²) in [5.41, 5.74) is 5.95. The van der Waals surface area contributed by atoms with E-state index in [-0.39, 0.29) is 11.8 Å². The molecule has 1 atom stereocenters. The highest BCUT2D eigenvalue weighted by Gasteiger charge is 2.37. The predicted molar refractivity (Wildman–Crippen MR) is 134 cm³/mol. The summed E-state index contributed by atoms with van der Waals surface area (Å²) in [4.78, 5) is 11.1. The van der Waals surface area contributed by atoms with Crippen LogP contribution >= 0.6 is 0 Å². The van der Waals surface area contributed by atoms with Crippen molar-refractivity contribution in [2.45, 2.75) is 66.5 Å². The number of allylic oxidation sites excluding steroid dienone is 1. The van der Waals surface area contributed by atoms with Crippen LogP contribution in [0.5, 0.6) is 5.75 Å². The second kappa shape index (κ2) is 9.90. The molecule has 0 bridgehead atoms. The van der Waals surface area contributed by atoms with Crippen LogP contribution in [0, 0.1) is 6.92 Å². The topological polar surface area (TPSA) is 73.3 Å². The lowest BCUT2D eigenvalue weighted by Gasteiger charge is -2.37. The quantitative estimate of drug-likeness (QED) is 0.508. The minimum Gasteiger partial charge on any atom is -0.507 e. The Morgan fingerprint density at radius 2 is 1.91 bits per heavy atom. The molecule has 1 saturated carbocycles. The van der Waals surface area contributed by atoms with E-state index in [0.717, 1.165) is 52.6 Å². The maximum atomic E-state index is 10.4. The van der Waals surface area contributed by atoms with Gasteiger partial charge in [0.25, 0.3) is 0 Å². The number of aromatic hydroxyl groups is 1. The van der Waals surface area contributed by atoms with Gasteiger partial charge in [-0.1, -0.05) is 38.1 Å². The van der Waals surface area contributed by atoms with Crippen LogP contribution in [0.3, 0.4) is 0 Å². The Morgan fingerprint density at radius 1 is 1.22 bits per heavy atom. The van der Waals surface area contributed by atoms with Crippen LogP contribution in [0.1, 0.15) is 64.2 Å². The number of phenols is 1. The maximum absolute atomic E-state index is 10.4. The first-order valence-electron chi connectivity index (χ1n) is 11.4. The van der Waals surface area contributed by atoms with Crippen LogP contribution in [-0.4, -0.2) is 32.1 Å². The van der Waals surface area contributed by atoms with Gasteiger partial charge in [-0.3, -0.25) is 0 Å². The first kappa shape index (κ1) is 23.4. The lowest BCUT2D eigenvalue weighted by Crippen LogP contribution is -2.35. The Hall–Kier alpha value is -3.28. The number of anilines is 2. The van der Waals surface area contributed by atoms with Gasteiger partial charge in [-0.2, -0.15) is 0 Å². The molecule has 6 heteroatoms. The fraction of sp³-hybridized carbons (Fsp3) is 0.385. The SMILES string of the molecule is C=C1c2c(O)cccc2C=C(C(C)Nc2ncnc(NC=C(C)C)c2C)N1C1CC1.CC. The van der Waals surface area contributed by atoms with Crippen molar-refractivity contribution < 1.29 is 5.11 Å². The number of phenolic OH excluding ortho intramolecular Hbond substituents is 1. The molecule has 1 fully saturated rings. The van der Waals surface area contributed by atoms with E-state index in [1.54, 1.807) is 12.4 Å². The number of aromatic nitrogens is 2. The van der Waals surface area contributed by atoms with Gasteiger partial charge in [0.1, 0.15) is 23.7 Å². The molecule has 2 aliphatic rings. The van der Waals surface area contributed by atoms with Gasteiger partial charge in [-0.05, 0) is 58.2 Å². The summed E-state index contributed by atoms with van der Waals surface area (Å²) in [6, 6.07) is 6.05. The number of fused-ring (bicyclic) bond motifs is 1. The molecule has 32 heavy (non-hydrogen) atoms. The summed E-state index contributed by atoms with van der Waals surface area (Å²) in [5, 5.41) is 17.2. The Kier molecular flexibility index (Phi) is 7.23. The molecule has 0 radical (unpaired) electrons. The van der Waals surface area contributed by atoms with Crippen molar-refractivity contribution in [2.75, 3.05) is 10.6 Å². The van der Waals surface area contributed by atoms with Gasteiger partial charge in [0.15, 0.2) is 0 Å². The molecule has 0 amide bonds. The molecule has 0 spiro atoms. The highest BCUT2D eigenvalue weighted by molar-refractivity contribution is 5.82. The zero-order valence-corrected chi connectivity index (χ0v) is 20.0. The molecule has 1 aromatic carbocycles. The van der Waals surface area contributed by atoms with E-state index in [0.29, 0.717) is 6.04 Å². The lowest BCUT2D eigenvalue weighted by atomic mass is 9.95. The van der Waals surface area contributed by atoms with E-state index in [9.17, 15) is 5.11 Å². The summed E-state index contributed by atoms with van der Waals surface area (Å²) >= 11 is 0. The van der Waals surface area contributed by atoms with E-state index < -0.39 is 0 Å². The van der Waals surface area contributed by atoms with Crippen LogP contribution in [0.2, 0.25) is 0 Å². The molecular formula is C26H35N5O. The van der Waals surface area contributed by atoms with E-state index in [1.807, 2.05) is 53.0 Å². The first-order valence-corrected chi connectivity index (χ1v) is 11.4. The summed E-state index contributed by atoms with van der Waals surface area (Å²) in [5.74, 6) is 1.86. The van der Waals surface area contributed by atoms with Crippen molar-refractivity contribution in [3.63, 3.8) is 0 Å². The lowest BCUT2D eigenvalue weighted by molar-refractivity contribution is 0.439. The number of nitrogens with zero attached hydrogens (tertiary/aromatic N) is 3. The molecule has 170 valence electrons. The smallest absolute Gasteiger partial charge is 0.138 e. The van der Waals surface area contributed by atoms with Crippen molar-refractivity contribution in [1.29, 1.82) is 0 Å².